The third-order valence-electron chi connectivity index (χ3n) is 5.10. The second-order valence-electron chi connectivity index (χ2n) is 6.97. The van der Waals surface area contributed by atoms with Crippen LogP contribution in [0.4, 0.5) is 4.39 Å². The van der Waals surface area contributed by atoms with E-state index in [1.165, 1.54) is 19.2 Å². The molecule has 1 N–H and O–H groups in total. The lowest BCUT2D eigenvalue weighted by Crippen LogP contribution is -2.31. The summed E-state index contributed by atoms with van der Waals surface area (Å²) in [5, 5.41) is 3.81. The molecule has 0 saturated carbocycles. The summed E-state index contributed by atoms with van der Waals surface area (Å²) in [5.41, 5.74) is 1.54. The summed E-state index contributed by atoms with van der Waals surface area (Å²) < 4.78 is 25.1. The third kappa shape index (κ3) is 4.47. The molecule has 1 saturated heterocycles. The van der Waals surface area contributed by atoms with Crippen LogP contribution in [0, 0.1) is 5.82 Å². The molecule has 0 amide bonds. The van der Waals surface area contributed by atoms with Crippen molar-refractivity contribution in [1.29, 1.82) is 0 Å². The number of esters is 1. The number of benzene rings is 1. The van der Waals surface area contributed by atoms with Crippen LogP contribution in [0.1, 0.15) is 30.0 Å². The van der Waals surface area contributed by atoms with Gasteiger partial charge in [-0.3, -0.25) is 9.78 Å². The maximum atomic E-state index is 13.5. The van der Waals surface area contributed by atoms with E-state index in [1.54, 1.807) is 12.3 Å². The number of thiocarbonyl (C=S) groups is 1. The number of aromatic nitrogens is 1. The van der Waals surface area contributed by atoms with Crippen molar-refractivity contribution in [2.75, 3.05) is 13.7 Å². The van der Waals surface area contributed by atoms with Crippen LogP contribution in [0.15, 0.2) is 63.6 Å². The molecule has 0 bridgehead atoms. The first-order chi connectivity index (χ1) is 15.0. The van der Waals surface area contributed by atoms with Crippen LogP contribution in [0.5, 0.6) is 0 Å². The van der Waals surface area contributed by atoms with Gasteiger partial charge in [0.15, 0.2) is 5.11 Å². The van der Waals surface area contributed by atoms with Gasteiger partial charge in [-0.15, -0.1) is 0 Å². The first-order valence-corrected chi connectivity index (χ1v) is 10.8. The first-order valence-electron chi connectivity index (χ1n) is 9.58. The molecule has 9 heteroatoms. The van der Waals surface area contributed by atoms with Gasteiger partial charge < -0.3 is 19.4 Å². The van der Waals surface area contributed by atoms with Crippen LogP contribution < -0.4 is 5.32 Å². The molecular formula is C22H19BrFN3O3S. The Morgan fingerprint density at radius 2 is 2.16 bits per heavy atom. The molecule has 3 aromatic rings. The average molecular weight is 504 g/mol. The standard InChI is InChI=1S/C22H19BrFN3O3S/c1-29-19(28)9-11-27-21(20(26-22(27)31)16-4-2-3-10-25-16)18-8-7-17(30-18)14-6-5-13(24)12-15(14)23/h2-8,10,12,20-21H,9,11H2,1H3,(H,26,31)/t20-,21+/m0/s1. The van der Waals surface area contributed by atoms with E-state index in [1.807, 2.05) is 35.2 Å². The Bertz CT molecular complexity index is 1110. The first kappa shape index (κ1) is 21.5. The van der Waals surface area contributed by atoms with E-state index in [2.05, 4.69) is 26.2 Å². The molecule has 6 nitrogen and oxygen atoms in total. The lowest BCUT2D eigenvalue weighted by Gasteiger charge is -2.25. The normalized spacial score (nSPS) is 18.2. The maximum absolute atomic E-state index is 13.5. The molecule has 0 spiro atoms. The second kappa shape index (κ2) is 9.15. The van der Waals surface area contributed by atoms with E-state index in [9.17, 15) is 9.18 Å². The number of nitrogens with one attached hydrogen (secondary N) is 1. The molecule has 2 aromatic heterocycles. The predicted octanol–water partition coefficient (Wildman–Crippen LogP) is 4.78. The Morgan fingerprint density at radius 3 is 2.87 bits per heavy atom. The van der Waals surface area contributed by atoms with Gasteiger partial charge in [0, 0.05) is 22.8 Å². The second-order valence-corrected chi connectivity index (χ2v) is 8.21. The molecule has 4 rings (SSSR count). The summed E-state index contributed by atoms with van der Waals surface area (Å²) in [5.74, 6) is 0.585. The number of rotatable bonds is 6. The number of halogens is 2. The van der Waals surface area contributed by atoms with Gasteiger partial charge in [0.25, 0.3) is 0 Å². The largest absolute Gasteiger partial charge is 0.469 e. The lowest BCUT2D eigenvalue weighted by atomic mass is 10.0. The molecule has 1 fully saturated rings. The highest BCUT2D eigenvalue weighted by atomic mass is 79.9. The monoisotopic (exact) mass is 503 g/mol. The molecule has 0 radical (unpaired) electrons. The number of pyridine rings is 1. The van der Waals surface area contributed by atoms with Gasteiger partial charge in [0.1, 0.15) is 23.4 Å². The van der Waals surface area contributed by atoms with Crippen LogP contribution in [-0.2, 0) is 9.53 Å². The average Bonchev–Trinajstić information content (AvgIpc) is 3.37. The van der Waals surface area contributed by atoms with Crippen molar-refractivity contribution in [3.8, 4) is 11.3 Å². The Labute approximate surface area is 192 Å². The van der Waals surface area contributed by atoms with E-state index in [0.29, 0.717) is 27.7 Å². The molecule has 1 aliphatic rings. The lowest BCUT2D eigenvalue weighted by molar-refractivity contribution is -0.140. The summed E-state index contributed by atoms with van der Waals surface area (Å²) in [6.45, 7) is 0.364. The number of hydrogen-bond acceptors (Lipinski definition) is 5. The van der Waals surface area contributed by atoms with Crippen molar-refractivity contribution < 1.29 is 18.3 Å². The number of furan rings is 1. The van der Waals surface area contributed by atoms with E-state index in [4.69, 9.17) is 21.4 Å². The fraction of sp³-hybridized carbons (Fsp3) is 0.227. The van der Waals surface area contributed by atoms with Gasteiger partial charge in [0.2, 0.25) is 0 Å². The number of methoxy groups -OCH3 is 1. The predicted molar refractivity (Wildman–Crippen MR) is 121 cm³/mol. The highest BCUT2D eigenvalue weighted by Gasteiger charge is 2.41. The highest BCUT2D eigenvalue weighted by Crippen LogP contribution is 2.41. The fourth-order valence-electron chi connectivity index (χ4n) is 3.61. The van der Waals surface area contributed by atoms with Gasteiger partial charge in [-0.05, 0) is 70.6 Å². The van der Waals surface area contributed by atoms with Crippen LogP contribution in [0.2, 0.25) is 0 Å². The fourth-order valence-corrected chi connectivity index (χ4v) is 4.49. The highest BCUT2D eigenvalue weighted by molar-refractivity contribution is 9.10. The zero-order chi connectivity index (χ0) is 22.0. The van der Waals surface area contributed by atoms with E-state index < -0.39 is 0 Å². The molecule has 0 unspecified atom stereocenters. The minimum absolute atomic E-state index is 0.181. The molecule has 2 atom stereocenters. The molecule has 1 aromatic carbocycles. The van der Waals surface area contributed by atoms with E-state index in [-0.39, 0.29) is 30.3 Å². The summed E-state index contributed by atoms with van der Waals surface area (Å²) >= 11 is 8.95. The van der Waals surface area contributed by atoms with E-state index in [0.717, 1.165) is 11.3 Å². The Balaban J connectivity index is 1.70. The van der Waals surface area contributed by atoms with Crippen molar-refractivity contribution in [3.63, 3.8) is 0 Å². The summed E-state index contributed by atoms with van der Waals surface area (Å²) in [4.78, 5) is 18.1. The van der Waals surface area contributed by atoms with Gasteiger partial charge >= 0.3 is 5.97 Å². The van der Waals surface area contributed by atoms with Crippen LogP contribution in [-0.4, -0.2) is 34.6 Å². The Morgan fingerprint density at radius 1 is 1.32 bits per heavy atom. The number of ether oxygens (including phenoxy) is 1. The number of carbonyl (C=O) groups excluding carboxylic acids is 1. The topological polar surface area (TPSA) is 67.6 Å². The number of carbonyl (C=O) groups is 1. The zero-order valence-corrected chi connectivity index (χ0v) is 19.0. The summed E-state index contributed by atoms with van der Waals surface area (Å²) in [6.07, 6.45) is 1.90. The molecular weight excluding hydrogens is 485 g/mol. The van der Waals surface area contributed by atoms with Crippen LogP contribution >= 0.6 is 28.1 Å². The van der Waals surface area contributed by atoms with Gasteiger partial charge in [-0.2, -0.15) is 0 Å². The molecule has 160 valence electrons. The van der Waals surface area contributed by atoms with Gasteiger partial charge in [0.05, 0.1) is 25.3 Å². The van der Waals surface area contributed by atoms with Gasteiger partial charge in [-0.25, -0.2) is 4.39 Å². The number of hydrogen-bond donors (Lipinski definition) is 1. The minimum atomic E-state index is -0.336. The smallest absolute Gasteiger partial charge is 0.307 e. The summed E-state index contributed by atoms with van der Waals surface area (Å²) in [6, 6.07) is 13.2. The van der Waals surface area contributed by atoms with Crippen molar-refractivity contribution >= 4 is 39.2 Å². The quantitative estimate of drug-likeness (QED) is 0.383. The SMILES string of the molecule is COC(=O)CCN1C(=S)N[C@@H](c2ccccn2)[C@H]1c1ccc(-c2ccc(F)cc2Br)o1. The molecule has 31 heavy (non-hydrogen) atoms. The third-order valence-corrected chi connectivity index (χ3v) is 6.11. The molecule has 1 aliphatic heterocycles. The zero-order valence-electron chi connectivity index (χ0n) is 16.5. The van der Waals surface area contributed by atoms with Crippen molar-refractivity contribution in [2.45, 2.75) is 18.5 Å². The van der Waals surface area contributed by atoms with E-state index >= 15 is 0 Å². The minimum Gasteiger partial charge on any atom is -0.469 e. The van der Waals surface area contributed by atoms with Crippen molar-refractivity contribution in [2.24, 2.45) is 0 Å². The Hall–Kier alpha value is -2.78. The Kier molecular flexibility index (Phi) is 6.33. The van der Waals surface area contributed by atoms with Crippen LogP contribution in [0.3, 0.4) is 0 Å². The molecule has 0 aliphatic carbocycles. The molecule has 3 heterocycles. The maximum Gasteiger partial charge on any atom is 0.307 e. The summed E-state index contributed by atoms with van der Waals surface area (Å²) in [7, 11) is 1.36. The van der Waals surface area contributed by atoms with Crippen molar-refractivity contribution in [3.05, 3.63) is 76.5 Å². The number of nitrogens with zero attached hydrogens (tertiary/aromatic N) is 2. The van der Waals surface area contributed by atoms with Crippen LogP contribution in [0.25, 0.3) is 11.3 Å². The van der Waals surface area contributed by atoms with Gasteiger partial charge in [-0.1, -0.05) is 6.07 Å². The van der Waals surface area contributed by atoms with Crippen molar-refractivity contribution in [1.82, 2.24) is 15.2 Å².